The van der Waals surface area contributed by atoms with E-state index in [0.29, 0.717) is 18.2 Å². The smallest absolute Gasteiger partial charge is 0.256 e. The summed E-state index contributed by atoms with van der Waals surface area (Å²) in [5.41, 5.74) is 1.23. The molecule has 0 saturated heterocycles. The van der Waals surface area contributed by atoms with E-state index in [2.05, 4.69) is 4.98 Å². The van der Waals surface area contributed by atoms with Crippen molar-refractivity contribution in [3.05, 3.63) is 27.9 Å². The maximum absolute atomic E-state index is 12.5. The Bertz CT molecular complexity index is 559. The molecule has 1 aliphatic rings. The molecule has 1 amide bonds. The van der Waals surface area contributed by atoms with Gasteiger partial charge < -0.3 is 4.90 Å². The minimum Gasteiger partial charge on any atom is -0.338 e. The van der Waals surface area contributed by atoms with Crippen LogP contribution >= 0.6 is 0 Å². The Labute approximate surface area is 126 Å². The molecule has 116 valence electrons. The summed E-state index contributed by atoms with van der Waals surface area (Å²) in [5, 5.41) is 0. The predicted octanol–water partition coefficient (Wildman–Crippen LogP) is 2.04. The lowest BCUT2D eigenvalue weighted by Crippen LogP contribution is -2.44. The van der Waals surface area contributed by atoms with Crippen molar-refractivity contribution in [2.75, 3.05) is 6.54 Å². The topological polar surface area (TPSA) is 55.2 Å². The van der Waals surface area contributed by atoms with Gasteiger partial charge >= 0.3 is 0 Å². The van der Waals surface area contributed by atoms with Gasteiger partial charge in [-0.1, -0.05) is 19.3 Å². The molecule has 1 aromatic rings. The van der Waals surface area contributed by atoms with Crippen molar-refractivity contribution in [1.82, 2.24) is 14.5 Å². The summed E-state index contributed by atoms with van der Waals surface area (Å²) < 4.78 is 1.43. The number of aryl methyl sites for hydroxylation is 1. The van der Waals surface area contributed by atoms with Crippen LogP contribution in [-0.2, 0) is 11.3 Å². The third-order valence-corrected chi connectivity index (χ3v) is 4.50. The Kier molecular flexibility index (Phi) is 5.15. The van der Waals surface area contributed by atoms with Crippen molar-refractivity contribution < 1.29 is 4.79 Å². The number of likely N-dealkylation sites (N-methyl/N-ethyl adjacent to an activating group) is 1. The molecule has 5 nitrogen and oxygen atoms in total. The average molecular weight is 291 g/mol. The van der Waals surface area contributed by atoms with E-state index in [1.165, 1.54) is 30.2 Å². The average Bonchev–Trinajstić information content (AvgIpc) is 2.50. The van der Waals surface area contributed by atoms with Crippen molar-refractivity contribution in [1.29, 1.82) is 0 Å². The normalized spacial score (nSPS) is 16.0. The van der Waals surface area contributed by atoms with Gasteiger partial charge in [0.05, 0.1) is 6.33 Å². The third-order valence-electron chi connectivity index (χ3n) is 4.50. The first kappa shape index (κ1) is 15.7. The molecule has 0 spiro atoms. The summed E-state index contributed by atoms with van der Waals surface area (Å²) in [5.74, 6) is 0.0246. The maximum Gasteiger partial charge on any atom is 0.256 e. The van der Waals surface area contributed by atoms with Crippen LogP contribution in [0.3, 0.4) is 0 Å². The zero-order valence-corrected chi connectivity index (χ0v) is 13.3. The van der Waals surface area contributed by atoms with Crippen LogP contribution in [0, 0.1) is 13.8 Å². The third kappa shape index (κ3) is 3.52. The zero-order chi connectivity index (χ0) is 15.4. The van der Waals surface area contributed by atoms with Crippen molar-refractivity contribution in [3.8, 4) is 0 Å². The van der Waals surface area contributed by atoms with Gasteiger partial charge in [-0.2, -0.15) is 0 Å². The Morgan fingerprint density at radius 3 is 2.62 bits per heavy atom. The Balaban J connectivity index is 2.12. The summed E-state index contributed by atoms with van der Waals surface area (Å²) in [6.07, 6.45) is 7.30. The fourth-order valence-corrected chi connectivity index (χ4v) is 3.06. The summed E-state index contributed by atoms with van der Waals surface area (Å²) in [6, 6.07) is 0.339. The minimum atomic E-state index is -0.115. The van der Waals surface area contributed by atoms with Gasteiger partial charge in [0.1, 0.15) is 6.54 Å². The zero-order valence-electron chi connectivity index (χ0n) is 13.3. The molecule has 0 unspecified atom stereocenters. The van der Waals surface area contributed by atoms with E-state index in [0.717, 1.165) is 18.5 Å². The molecule has 0 N–H and O–H groups in total. The van der Waals surface area contributed by atoms with Gasteiger partial charge in [-0.05, 0) is 33.6 Å². The highest BCUT2D eigenvalue weighted by Crippen LogP contribution is 2.22. The molecule has 1 saturated carbocycles. The highest BCUT2D eigenvalue weighted by atomic mass is 16.2. The number of carbonyl (C=O) groups excluding carboxylic acids is 1. The van der Waals surface area contributed by atoms with Crippen LogP contribution in [0.15, 0.2) is 11.1 Å². The highest BCUT2D eigenvalue weighted by molar-refractivity contribution is 5.76. The van der Waals surface area contributed by atoms with Crippen LogP contribution < -0.4 is 5.56 Å². The van der Waals surface area contributed by atoms with E-state index in [-0.39, 0.29) is 18.0 Å². The second kappa shape index (κ2) is 6.87. The molecule has 1 fully saturated rings. The molecule has 1 aliphatic carbocycles. The molecule has 5 heteroatoms. The predicted molar refractivity (Wildman–Crippen MR) is 82.2 cm³/mol. The number of rotatable bonds is 4. The largest absolute Gasteiger partial charge is 0.338 e. The molecule has 1 aromatic heterocycles. The van der Waals surface area contributed by atoms with E-state index in [1.54, 1.807) is 6.92 Å². The van der Waals surface area contributed by atoms with E-state index in [9.17, 15) is 9.59 Å². The monoisotopic (exact) mass is 291 g/mol. The summed E-state index contributed by atoms with van der Waals surface area (Å²) >= 11 is 0. The quantitative estimate of drug-likeness (QED) is 0.853. The summed E-state index contributed by atoms with van der Waals surface area (Å²) in [6.45, 7) is 6.37. The number of amides is 1. The standard InChI is InChI=1S/C16H25N3O2/c1-4-19(14-8-6-5-7-9-14)15(20)10-18-11-17-13(3)12(2)16(18)21/h11,14H,4-10H2,1-3H3. The Morgan fingerprint density at radius 2 is 2.00 bits per heavy atom. The lowest BCUT2D eigenvalue weighted by molar-refractivity contribution is -0.134. The molecule has 2 rings (SSSR count). The minimum absolute atomic E-state index is 0.0246. The van der Waals surface area contributed by atoms with E-state index >= 15 is 0 Å². The molecule has 0 atom stereocenters. The first-order chi connectivity index (χ1) is 10.0. The van der Waals surface area contributed by atoms with Crippen LogP contribution in [0.5, 0.6) is 0 Å². The van der Waals surface area contributed by atoms with Gasteiger partial charge in [0, 0.05) is 23.8 Å². The van der Waals surface area contributed by atoms with Gasteiger partial charge in [-0.25, -0.2) is 4.98 Å². The van der Waals surface area contributed by atoms with Gasteiger partial charge in [0.25, 0.3) is 5.56 Å². The molecule has 0 radical (unpaired) electrons. The van der Waals surface area contributed by atoms with E-state index in [1.807, 2.05) is 18.7 Å². The molecular weight excluding hydrogens is 266 g/mol. The molecule has 0 bridgehead atoms. The Morgan fingerprint density at radius 1 is 1.33 bits per heavy atom. The summed E-state index contributed by atoms with van der Waals surface area (Å²) in [7, 11) is 0. The van der Waals surface area contributed by atoms with Crippen LogP contribution in [0.1, 0.15) is 50.3 Å². The van der Waals surface area contributed by atoms with Crippen LogP contribution in [-0.4, -0.2) is 32.9 Å². The van der Waals surface area contributed by atoms with E-state index in [4.69, 9.17) is 0 Å². The molecule has 1 heterocycles. The van der Waals surface area contributed by atoms with Gasteiger partial charge in [-0.3, -0.25) is 14.2 Å². The maximum atomic E-state index is 12.5. The lowest BCUT2D eigenvalue weighted by Gasteiger charge is -2.33. The second-order valence-electron chi connectivity index (χ2n) is 5.86. The number of carbonyl (C=O) groups is 1. The van der Waals surface area contributed by atoms with Gasteiger partial charge in [0.2, 0.25) is 5.91 Å². The number of aromatic nitrogens is 2. The van der Waals surface area contributed by atoms with Crippen LogP contribution in [0.2, 0.25) is 0 Å². The first-order valence-corrected chi connectivity index (χ1v) is 7.86. The molecule has 21 heavy (non-hydrogen) atoms. The van der Waals surface area contributed by atoms with Crippen molar-refractivity contribution in [2.45, 2.75) is 65.5 Å². The molecule has 0 aromatic carbocycles. The van der Waals surface area contributed by atoms with Crippen molar-refractivity contribution in [3.63, 3.8) is 0 Å². The highest BCUT2D eigenvalue weighted by Gasteiger charge is 2.24. The van der Waals surface area contributed by atoms with E-state index < -0.39 is 0 Å². The van der Waals surface area contributed by atoms with Crippen molar-refractivity contribution in [2.24, 2.45) is 0 Å². The molecule has 0 aliphatic heterocycles. The fraction of sp³-hybridized carbons (Fsp3) is 0.688. The number of nitrogens with zero attached hydrogens (tertiary/aromatic N) is 3. The van der Waals surface area contributed by atoms with Crippen LogP contribution in [0.25, 0.3) is 0 Å². The van der Waals surface area contributed by atoms with Crippen LogP contribution in [0.4, 0.5) is 0 Å². The first-order valence-electron chi connectivity index (χ1n) is 7.86. The fourth-order valence-electron chi connectivity index (χ4n) is 3.06. The van der Waals surface area contributed by atoms with Crippen molar-refractivity contribution >= 4 is 5.91 Å². The molecular formula is C16H25N3O2. The number of hydrogen-bond acceptors (Lipinski definition) is 3. The lowest BCUT2D eigenvalue weighted by atomic mass is 9.94. The number of hydrogen-bond donors (Lipinski definition) is 0. The Hall–Kier alpha value is -1.65. The SMILES string of the molecule is CCN(C(=O)Cn1cnc(C)c(C)c1=O)C1CCCCC1. The summed E-state index contributed by atoms with van der Waals surface area (Å²) in [4.78, 5) is 30.8. The van der Waals surface area contributed by atoms with Gasteiger partial charge in [0.15, 0.2) is 0 Å². The second-order valence-corrected chi connectivity index (χ2v) is 5.86. The van der Waals surface area contributed by atoms with Gasteiger partial charge in [-0.15, -0.1) is 0 Å².